The molecule has 0 bridgehead atoms. The van der Waals surface area contributed by atoms with Crippen molar-refractivity contribution < 1.29 is 14.0 Å². The van der Waals surface area contributed by atoms with Gasteiger partial charge in [0, 0.05) is 12.1 Å². The van der Waals surface area contributed by atoms with Crippen molar-refractivity contribution in [3.63, 3.8) is 0 Å². The number of amides is 1. The van der Waals surface area contributed by atoms with Gasteiger partial charge in [-0.1, -0.05) is 13.8 Å². The lowest BCUT2D eigenvalue weighted by Gasteiger charge is -2.29. The van der Waals surface area contributed by atoms with Crippen LogP contribution in [0.5, 0.6) is 0 Å². The monoisotopic (exact) mass is 370 g/mol. The normalized spacial score (nSPS) is 18.4. The second-order valence-electron chi connectivity index (χ2n) is 8.52. The Balaban J connectivity index is 1.90. The first-order valence-corrected chi connectivity index (χ1v) is 9.19. The summed E-state index contributed by atoms with van der Waals surface area (Å²) < 4.78 is 16.3. The van der Waals surface area contributed by atoms with E-state index in [2.05, 4.69) is 5.10 Å². The van der Waals surface area contributed by atoms with Crippen LogP contribution in [0.25, 0.3) is 5.69 Å². The minimum Gasteiger partial charge on any atom is -0.398 e. The highest BCUT2D eigenvalue weighted by atomic mass is 19.1. The van der Waals surface area contributed by atoms with Crippen LogP contribution in [0.15, 0.2) is 12.1 Å². The van der Waals surface area contributed by atoms with Gasteiger partial charge in [-0.25, -0.2) is 9.07 Å². The van der Waals surface area contributed by atoms with Crippen molar-refractivity contribution in [3.8, 4) is 5.69 Å². The molecule has 7 heteroatoms. The fraction of sp³-hybridized carbons (Fsp3) is 0.450. The van der Waals surface area contributed by atoms with E-state index in [-0.39, 0.29) is 28.1 Å². The number of benzene rings is 1. The fourth-order valence-electron chi connectivity index (χ4n) is 3.92. The summed E-state index contributed by atoms with van der Waals surface area (Å²) in [5.41, 5.74) is 13.2. The average Bonchev–Trinajstić information content (AvgIpc) is 3.29. The van der Waals surface area contributed by atoms with Crippen LogP contribution in [0, 0.1) is 17.2 Å². The number of nitrogens with two attached hydrogens (primary N) is 2. The molecule has 2 aliphatic carbocycles. The van der Waals surface area contributed by atoms with Gasteiger partial charge in [0.1, 0.15) is 11.5 Å². The standard InChI is InChI=1S/C20H23FN4O2/c1-20(2)8-16-18(17(26)9-20)14(5-10-3-4-10)24-25(16)15-7-13(22)11(19(23)27)6-12(15)21/h6-7,10H,3-5,8-9,22H2,1-2H3,(H2,23,27). The Morgan fingerprint density at radius 3 is 2.67 bits per heavy atom. The Morgan fingerprint density at radius 2 is 2.04 bits per heavy atom. The lowest BCUT2D eigenvalue weighted by Crippen LogP contribution is -2.28. The number of carbonyl (C=O) groups excluding carboxylic acids is 2. The van der Waals surface area contributed by atoms with Gasteiger partial charge in [-0.15, -0.1) is 0 Å². The first-order valence-electron chi connectivity index (χ1n) is 9.19. The molecular weight excluding hydrogens is 347 g/mol. The van der Waals surface area contributed by atoms with Gasteiger partial charge < -0.3 is 11.5 Å². The van der Waals surface area contributed by atoms with Crippen molar-refractivity contribution in [2.75, 3.05) is 5.73 Å². The maximum atomic E-state index is 14.8. The van der Waals surface area contributed by atoms with Gasteiger partial charge in [-0.3, -0.25) is 9.59 Å². The summed E-state index contributed by atoms with van der Waals surface area (Å²) in [7, 11) is 0. The van der Waals surface area contributed by atoms with Crippen molar-refractivity contribution >= 4 is 17.4 Å². The molecule has 142 valence electrons. The Kier molecular flexibility index (Phi) is 3.87. The zero-order valence-electron chi connectivity index (χ0n) is 15.5. The number of primary amides is 1. The van der Waals surface area contributed by atoms with Crippen LogP contribution in [0.2, 0.25) is 0 Å². The number of carbonyl (C=O) groups is 2. The molecule has 2 aliphatic rings. The van der Waals surface area contributed by atoms with Gasteiger partial charge >= 0.3 is 0 Å². The van der Waals surface area contributed by atoms with Gasteiger partial charge in [-0.05, 0) is 49.1 Å². The van der Waals surface area contributed by atoms with E-state index in [1.165, 1.54) is 10.7 Å². The molecule has 27 heavy (non-hydrogen) atoms. The predicted octanol–water partition coefficient (Wildman–Crippen LogP) is 2.80. The van der Waals surface area contributed by atoms with E-state index in [0.29, 0.717) is 24.3 Å². The van der Waals surface area contributed by atoms with Crippen molar-refractivity contribution in [2.45, 2.75) is 46.0 Å². The van der Waals surface area contributed by atoms with E-state index in [4.69, 9.17) is 11.5 Å². The SMILES string of the molecule is CC1(C)CC(=O)c2c(CC3CC3)nn(-c3cc(N)c(C(N)=O)cc3F)c2C1. The molecule has 1 aromatic carbocycles. The first kappa shape index (κ1) is 17.7. The highest BCUT2D eigenvalue weighted by Crippen LogP contribution is 2.40. The smallest absolute Gasteiger partial charge is 0.250 e. The topological polar surface area (TPSA) is 104 Å². The van der Waals surface area contributed by atoms with E-state index in [0.717, 1.165) is 36.7 Å². The third-order valence-electron chi connectivity index (χ3n) is 5.41. The molecular formula is C20H23FN4O2. The number of halogens is 1. The lowest BCUT2D eigenvalue weighted by atomic mass is 9.75. The summed E-state index contributed by atoms with van der Waals surface area (Å²) in [4.78, 5) is 24.3. The predicted molar refractivity (Wildman–Crippen MR) is 99.3 cm³/mol. The summed E-state index contributed by atoms with van der Waals surface area (Å²) in [6.07, 6.45) is 4.07. The number of rotatable bonds is 4. The van der Waals surface area contributed by atoms with Crippen molar-refractivity contribution in [1.29, 1.82) is 0 Å². The minimum absolute atomic E-state index is 0.0605. The number of anilines is 1. The number of aromatic nitrogens is 2. The molecule has 0 radical (unpaired) electrons. The molecule has 1 aromatic heterocycles. The zero-order valence-corrected chi connectivity index (χ0v) is 15.5. The Hall–Kier alpha value is -2.70. The summed E-state index contributed by atoms with van der Waals surface area (Å²) >= 11 is 0. The third kappa shape index (κ3) is 3.11. The summed E-state index contributed by atoms with van der Waals surface area (Å²) in [5, 5.41) is 4.62. The van der Waals surface area contributed by atoms with Crippen LogP contribution >= 0.6 is 0 Å². The van der Waals surface area contributed by atoms with Gasteiger partial charge in [-0.2, -0.15) is 5.10 Å². The Morgan fingerprint density at radius 1 is 1.33 bits per heavy atom. The maximum Gasteiger partial charge on any atom is 0.250 e. The Labute approximate surface area is 156 Å². The quantitative estimate of drug-likeness (QED) is 0.808. The molecule has 0 unspecified atom stereocenters. The molecule has 1 amide bonds. The molecule has 0 spiro atoms. The summed E-state index contributed by atoms with van der Waals surface area (Å²) in [5.74, 6) is -0.819. The molecule has 0 aliphatic heterocycles. The second kappa shape index (κ2) is 5.90. The van der Waals surface area contributed by atoms with E-state index in [1.54, 1.807) is 0 Å². The third-order valence-corrected chi connectivity index (χ3v) is 5.41. The van der Waals surface area contributed by atoms with Crippen LogP contribution in [0.1, 0.15) is 65.2 Å². The number of fused-ring (bicyclic) bond motifs is 1. The molecule has 1 saturated carbocycles. The van der Waals surface area contributed by atoms with E-state index >= 15 is 0 Å². The first-order chi connectivity index (χ1) is 12.7. The number of hydrogen-bond acceptors (Lipinski definition) is 4. The Bertz CT molecular complexity index is 973. The molecule has 2 aromatic rings. The van der Waals surface area contributed by atoms with Crippen LogP contribution in [-0.4, -0.2) is 21.5 Å². The molecule has 6 nitrogen and oxygen atoms in total. The summed E-state index contributed by atoms with van der Waals surface area (Å²) in [6.45, 7) is 4.04. The molecule has 4 rings (SSSR count). The number of ketones is 1. The number of nitrogens with zero attached hydrogens (tertiary/aromatic N) is 2. The largest absolute Gasteiger partial charge is 0.398 e. The number of hydrogen-bond donors (Lipinski definition) is 2. The minimum atomic E-state index is -0.786. The molecule has 0 atom stereocenters. The highest BCUT2D eigenvalue weighted by molar-refractivity contribution is 6.00. The second-order valence-corrected chi connectivity index (χ2v) is 8.52. The summed E-state index contributed by atoms with van der Waals surface area (Å²) in [6, 6.07) is 2.41. The molecule has 4 N–H and O–H groups in total. The van der Waals surface area contributed by atoms with Crippen molar-refractivity contribution in [3.05, 3.63) is 40.5 Å². The van der Waals surface area contributed by atoms with E-state index in [9.17, 15) is 14.0 Å². The van der Waals surface area contributed by atoms with Crippen molar-refractivity contribution in [1.82, 2.24) is 9.78 Å². The zero-order chi connectivity index (χ0) is 19.5. The average molecular weight is 370 g/mol. The molecule has 0 saturated heterocycles. The van der Waals surface area contributed by atoms with Crippen LogP contribution in [0.4, 0.5) is 10.1 Å². The number of nitrogen functional groups attached to an aromatic ring is 1. The van der Waals surface area contributed by atoms with Crippen molar-refractivity contribution in [2.24, 2.45) is 17.1 Å². The van der Waals surface area contributed by atoms with Crippen LogP contribution in [0.3, 0.4) is 0 Å². The van der Waals surface area contributed by atoms with Crippen LogP contribution in [-0.2, 0) is 12.8 Å². The van der Waals surface area contributed by atoms with Gasteiger partial charge in [0.15, 0.2) is 5.78 Å². The van der Waals surface area contributed by atoms with Crippen LogP contribution < -0.4 is 11.5 Å². The van der Waals surface area contributed by atoms with Gasteiger partial charge in [0.2, 0.25) is 0 Å². The fourth-order valence-corrected chi connectivity index (χ4v) is 3.92. The lowest BCUT2D eigenvalue weighted by molar-refractivity contribution is 0.0909. The molecule has 1 heterocycles. The van der Waals surface area contributed by atoms with E-state index in [1.807, 2.05) is 13.8 Å². The highest BCUT2D eigenvalue weighted by Gasteiger charge is 2.38. The van der Waals surface area contributed by atoms with Gasteiger partial charge in [0.25, 0.3) is 5.91 Å². The number of Topliss-reactive ketones (excluding diaryl/α,β-unsaturated/α-hetero) is 1. The van der Waals surface area contributed by atoms with Gasteiger partial charge in [0.05, 0.1) is 22.5 Å². The molecule has 1 fully saturated rings. The van der Waals surface area contributed by atoms with E-state index < -0.39 is 11.7 Å². The maximum absolute atomic E-state index is 14.8.